The van der Waals surface area contributed by atoms with E-state index in [1.54, 1.807) is 0 Å². The molecule has 0 amide bonds. The maximum Gasteiger partial charge on any atom is 0.0181 e. The summed E-state index contributed by atoms with van der Waals surface area (Å²) in [6.45, 7) is 9.91. The SMILES string of the molecule is CCCCCC(C)(CCCCC)N1CCCCCC1. The van der Waals surface area contributed by atoms with Crippen LogP contribution in [0.4, 0.5) is 0 Å². The van der Waals surface area contributed by atoms with Gasteiger partial charge in [-0.25, -0.2) is 0 Å². The molecule has 0 aromatic heterocycles. The molecule has 0 radical (unpaired) electrons. The van der Waals surface area contributed by atoms with E-state index in [2.05, 4.69) is 25.7 Å². The third kappa shape index (κ3) is 6.29. The maximum atomic E-state index is 2.85. The van der Waals surface area contributed by atoms with E-state index in [4.69, 9.17) is 0 Å². The topological polar surface area (TPSA) is 3.24 Å². The van der Waals surface area contributed by atoms with Gasteiger partial charge in [0.05, 0.1) is 0 Å². The van der Waals surface area contributed by atoms with Crippen molar-refractivity contribution in [1.82, 2.24) is 4.90 Å². The number of nitrogens with zero attached hydrogens (tertiary/aromatic N) is 1. The van der Waals surface area contributed by atoms with E-state index in [-0.39, 0.29) is 0 Å². The van der Waals surface area contributed by atoms with E-state index < -0.39 is 0 Å². The minimum Gasteiger partial charge on any atom is -0.298 e. The van der Waals surface area contributed by atoms with Crippen molar-refractivity contribution < 1.29 is 0 Å². The van der Waals surface area contributed by atoms with Gasteiger partial charge >= 0.3 is 0 Å². The summed E-state index contributed by atoms with van der Waals surface area (Å²) in [4.78, 5) is 2.85. The molecule has 1 fully saturated rings. The molecular formula is C18H37N. The van der Waals surface area contributed by atoms with Gasteiger partial charge in [-0.15, -0.1) is 0 Å². The minimum absolute atomic E-state index is 0.495. The molecular weight excluding hydrogens is 230 g/mol. The van der Waals surface area contributed by atoms with Crippen LogP contribution in [-0.4, -0.2) is 23.5 Å². The van der Waals surface area contributed by atoms with E-state index in [9.17, 15) is 0 Å². The van der Waals surface area contributed by atoms with Crippen LogP contribution in [0.3, 0.4) is 0 Å². The van der Waals surface area contributed by atoms with Crippen LogP contribution in [-0.2, 0) is 0 Å². The quantitative estimate of drug-likeness (QED) is 0.478. The lowest BCUT2D eigenvalue weighted by atomic mass is 9.86. The first-order chi connectivity index (χ1) is 9.23. The van der Waals surface area contributed by atoms with E-state index in [1.165, 1.54) is 90.1 Å². The van der Waals surface area contributed by atoms with Crippen molar-refractivity contribution in [3.63, 3.8) is 0 Å². The molecule has 0 unspecified atom stereocenters. The zero-order valence-corrected chi connectivity index (χ0v) is 13.8. The molecule has 0 atom stereocenters. The summed E-state index contributed by atoms with van der Waals surface area (Å²) in [6.07, 6.45) is 17.0. The lowest BCUT2D eigenvalue weighted by Gasteiger charge is -2.42. The van der Waals surface area contributed by atoms with Crippen molar-refractivity contribution in [3.8, 4) is 0 Å². The Morgan fingerprint density at radius 2 is 1.21 bits per heavy atom. The highest BCUT2D eigenvalue weighted by Gasteiger charge is 2.30. The van der Waals surface area contributed by atoms with Gasteiger partial charge in [-0.2, -0.15) is 0 Å². The van der Waals surface area contributed by atoms with Gasteiger partial charge in [0.15, 0.2) is 0 Å². The van der Waals surface area contributed by atoms with E-state index in [0.717, 1.165) is 0 Å². The zero-order chi connectivity index (χ0) is 14.0. The molecule has 0 saturated carbocycles. The van der Waals surface area contributed by atoms with E-state index in [0.29, 0.717) is 5.54 Å². The molecule has 0 aliphatic carbocycles. The van der Waals surface area contributed by atoms with Gasteiger partial charge in [-0.3, -0.25) is 4.90 Å². The highest BCUT2D eigenvalue weighted by Crippen LogP contribution is 2.31. The first-order valence-corrected chi connectivity index (χ1v) is 8.98. The summed E-state index contributed by atoms with van der Waals surface area (Å²) in [6, 6.07) is 0. The lowest BCUT2D eigenvalue weighted by Crippen LogP contribution is -2.47. The Kier molecular flexibility index (Phi) is 8.77. The fraction of sp³-hybridized carbons (Fsp3) is 1.00. The second kappa shape index (κ2) is 9.80. The molecule has 19 heavy (non-hydrogen) atoms. The van der Waals surface area contributed by atoms with Crippen LogP contribution in [0.2, 0.25) is 0 Å². The summed E-state index contributed by atoms with van der Waals surface area (Å²) in [5.41, 5.74) is 0.495. The van der Waals surface area contributed by atoms with Crippen molar-refractivity contribution in [2.45, 2.75) is 103 Å². The fourth-order valence-corrected chi connectivity index (χ4v) is 3.56. The maximum absolute atomic E-state index is 2.85. The second-order valence-corrected chi connectivity index (χ2v) is 6.81. The predicted octanol–water partition coefficient (Wildman–Crippen LogP) is 5.78. The predicted molar refractivity (Wildman–Crippen MR) is 86.7 cm³/mol. The molecule has 0 aromatic carbocycles. The Hall–Kier alpha value is -0.0400. The van der Waals surface area contributed by atoms with Gasteiger partial charge in [0.2, 0.25) is 0 Å². The summed E-state index contributed by atoms with van der Waals surface area (Å²) < 4.78 is 0. The van der Waals surface area contributed by atoms with Crippen LogP contribution in [0.15, 0.2) is 0 Å². The van der Waals surface area contributed by atoms with Crippen LogP contribution in [0.25, 0.3) is 0 Å². The first kappa shape index (κ1) is 17.0. The number of hydrogen-bond acceptors (Lipinski definition) is 1. The first-order valence-electron chi connectivity index (χ1n) is 8.98. The third-order valence-electron chi connectivity index (χ3n) is 5.01. The molecule has 1 nitrogen and oxygen atoms in total. The summed E-state index contributed by atoms with van der Waals surface area (Å²) >= 11 is 0. The van der Waals surface area contributed by atoms with Crippen molar-refractivity contribution in [3.05, 3.63) is 0 Å². The van der Waals surface area contributed by atoms with Crippen LogP contribution in [0.1, 0.15) is 97.8 Å². The lowest BCUT2D eigenvalue weighted by molar-refractivity contribution is 0.0838. The van der Waals surface area contributed by atoms with E-state index >= 15 is 0 Å². The van der Waals surface area contributed by atoms with Crippen LogP contribution < -0.4 is 0 Å². The highest BCUT2D eigenvalue weighted by atomic mass is 15.2. The Bertz CT molecular complexity index is 194. The normalized spacial score (nSPS) is 18.5. The number of unbranched alkanes of at least 4 members (excludes halogenated alkanes) is 4. The summed E-state index contributed by atoms with van der Waals surface area (Å²) in [5, 5.41) is 0. The number of likely N-dealkylation sites (tertiary alicyclic amines) is 1. The van der Waals surface area contributed by atoms with Crippen LogP contribution >= 0.6 is 0 Å². The van der Waals surface area contributed by atoms with Gasteiger partial charge in [0.1, 0.15) is 0 Å². The number of rotatable bonds is 9. The van der Waals surface area contributed by atoms with Crippen molar-refractivity contribution in [2.24, 2.45) is 0 Å². The van der Waals surface area contributed by atoms with E-state index in [1.807, 2.05) is 0 Å². The van der Waals surface area contributed by atoms with Gasteiger partial charge in [-0.1, -0.05) is 65.2 Å². The molecule has 0 aromatic rings. The average Bonchev–Trinajstić information content (AvgIpc) is 2.69. The third-order valence-corrected chi connectivity index (χ3v) is 5.01. The zero-order valence-electron chi connectivity index (χ0n) is 13.8. The monoisotopic (exact) mass is 267 g/mol. The molecule has 1 aliphatic rings. The Labute approximate surface area is 122 Å². The molecule has 0 bridgehead atoms. The summed E-state index contributed by atoms with van der Waals surface area (Å²) in [7, 11) is 0. The molecule has 1 heteroatoms. The second-order valence-electron chi connectivity index (χ2n) is 6.81. The fourth-order valence-electron chi connectivity index (χ4n) is 3.56. The van der Waals surface area contributed by atoms with Crippen LogP contribution in [0, 0.1) is 0 Å². The van der Waals surface area contributed by atoms with Gasteiger partial charge in [0.25, 0.3) is 0 Å². The molecule has 1 rings (SSSR count). The molecule has 1 heterocycles. The smallest absolute Gasteiger partial charge is 0.0181 e. The molecule has 1 aliphatic heterocycles. The molecule has 0 spiro atoms. The minimum atomic E-state index is 0.495. The van der Waals surface area contributed by atoms with Crippen molar-refractivity contribution in [1.29, 1.82) is 0 Å². The Morgan fingerprint density at radius 1 is 0.737 bits per heavy atom. The number of hydrogen-bond donors (Lipinski definition) is 0. The molecule has 0 N–H and O–H groups in total. The molecule has 1 saturated heterocycles. The molecule has 114 valence electrons. The van der Waals surface area contributed by atoms with Gasteiger partial charge < -0.3 is 0 Å². The highest BCUT2D eigenvalue weighted by molar-refractivity contribution is 4.87. The summed E-state index contributed by atoms with van der Waals surface area (Å²) in [5.74, 6) is 0. The van der Waals surface area contributed by atoms with Gasteiger partial charge in [0, 0.05) is 5.54 Å². The largest absolute Gasteiger partial charge is 0.298 e. The van der Waals surface area contributed by atoms with Crippen molar-refractivity contribution >= 4 is 0 Å². The van der Waals surface area contributed by atoms with Gasteiger partial charge in [-0.05, 0) is 45.7 Å². The van der Waals surface area contributed by atoms with Crippen molar-refractivity contribution in [2.75, 3.05) is 13.1 Å². The standard InChI is InChI=1S/C18H37N/c1-4-6-10-14-18(3,15-11-7-5-2)19-16-12-8-9-13-17-19/h4-17H2,1-3H3. The Balaban J connectivity index is 2.53. The average molecular weight is 268 g/mol. The van der Waals surface area contributed by atoms with Crippen LogP contribution in [0.5, 0.6) is 0 Å². The Morgan fingerprint density at radius 3 is 1.63 bits per heavy atom.